The van der Waals surface area contributed by atoms with Gasteiger partial charge in [-0.3, -0.25) is 0 Å². The van der Waals surface area contributed by atoms with E-state index in [9.17, 15) is 0 Å². The van der Waals surface area contributed by atoms with Crippen LogP contribution in [0.1, 0.15) is 57.1 Å². The summed E-state index contributed by atoms with van der Waals surface area (Å²) < 4.78 is 6.27. The molecule has 0 bridgehead atoms. The summed E-state index contributed by atoms with van der Waals surface area (Å²) in [5.74, 6) is 1.10. The maximum absolute atomic E-state index is 6.27. The lowest BCUT2D eigenvalue weighted by atomic mass is 9.85. The van der Waals surface area contributed by atoms with Gasteiger partial charge >= 0.3 is 0 Å². The van der Waals surface area contributed by atoms with Crippen LogP contribution in [0.15, 0.2) is 16.5 Å². The van der Waals surface area contributed by atoms with E-state index >= 15 is 0 Å². The van der Waals surface area contributed by atoms with Crippen molar-refractivity contribution < 1.29 is 4.42 Å². The monoisotopic (exact) mass is 273 g/mol. The Morgan fingerprint density at radius 2 is 1.85 bits per heavy atom. The van der Waals surface area contributed by atoms with Crippen LogP contribution in [-0.2, 0) is 18.4 Å². The molecule has 2 rings (SSSR count). The van der Waals surface area contributed by atoms with Gasteiger partial charge in [-0.2, -0.15) is 0 Å². The first-order valence-electron chi connectivity index (χ1n) is 7.65. The largest absolute Gasteiger partial charge is 0.459 e. The molecule has 0 radical (unpaired) electrons. The molecular weight excluding hydrogens is 246 g/mol. The molecule has 2 nitrogen and oxygen atoms in total. The highest BCUT2D eigenvalue weighted by Crippen LogP contribution is 2.36. The second-order valence-corrected chi connectivity index (χ2v) is 6.52. The zero-order chi connectivity index (χ0) is 14.9. The molecule has 0 aliphatic heterocycles. The van der Waals surface area contributed by atoms with E-state index in [1.54, 1.807) is 0 Å². The van der Waals surface area contributed by atoms with E-state index in [0.29, 0.717) is 0 Å². The highest BCUT2D eigenvalue weighted by Gasteiger charge is 2.23. The zero-order valence-electron chi connectivity index (χ0n) is 13.7. The molecule has 1 heterocycles. The van der Waals surface area contributed by atoms with Gasteiger partial charge in [0.1, 0.15) is 11.3 Å². The third-order valence-electron chi connectivity index (χ3n) is 3.93. The molecule has 1 aromatic carbocycles. The van der Waals surface area contributed by atoms with Crippen molar-refractivity contribution in [2.24, 2.45) is 0 Å². The molecule has 0 atom stereocenters. The van der Waals surface area contributed by atoms with Crippen LogP contribution in [0.4, 0.5) is 0 Å². The Kier molecular flexibility index (Phi) is 4.24. The smallest absolute Gasteiger partial charge is 0.138 e. The summed E-state index contributed by atoms with van der Waals surface area (Å²) in [6, 6.07) is 4.45. The van der Waals surface area contributed by atoms with Gasteiger partial charge in [-0.25, -0.2) is 0 Å². The first-order valence-corrected chi connectivity index (χ1v) is 7.65. The minimum Gasteiger partial charge on any atom is -0.459 e. The third-order valence-corrected chi connectivity index (χ3v) is 3.93. The summed E-state index contributed by atoms with van der Waals surface area (Å²) in [6.07, 6.45) is 1.02. The molecule has 0 aliphatic carbocycles. The number of rotatable bonds is 4. The predicted octanol–water partition coefficient (Wildman–Crippen LogP) is 4.71. The SMILES string of the molecule is CCNCc1oc2c(C(C)(C)C)ccc(C)c2c1CC. The van der Waals surface area contributed by atoms with Gasteiger partial charge in [-0.15, -0.1) is 0 Å². The lowest BCUT2D eigenvalue weighted by Gasteiger charge is -2.19. The van der Waals surface area contributed by atoms with Crippen molar-refractivity contribution in [1.29, 1.82) is 0 Å². The van der Waals surface area contributed by atoms with Gasteiger partial charge in [0.15, 0.2) is 0 Å². The number of fused-ring (bicyclic) bond motifs is 1. The van der Waals surface area contributed by atoms with E-state index in [1.807, 2.05) is 0 Å². The summed E-state index contributed by atoms with van der Waals surface area (Å²) >= 11 is 0. The maximum atomic E-state index is 6.27. The molecule has 2 aromatic rings. The Hall–Kier alpha value is -1.28. The maximum Gasteiger partial charge on any atom is 0.138 e. The number of aryl methyl sites for hydroxylation is 2. The summed E-state index contributed by atoms with van der Waals surface area (Å²) in [4.78, 5) is 0. The summed E-state index contributed by atoms with van der Waals surface area (Å²) in [7, 11) is 0. The summed E-state index contributed by atoms with van der Waals surface area (Å²) in [6.45, 7) is 15.0. The number of nitrogens with one attached hydrogen (secondary N) is 1. The van der Waals surface area contributed by atoms with Gasteiger partial charge in [0.25, 0.3) is 0 Å². The fraction of sp³-hybridized carbons (Fsp3) is 0.556. The standard InChI is InChI=1S/C18H27NO/c1-7-13-15(11-19-8-2)20-17-14(18(4,5)6)10-9-12(3)16(13)17/h9-10,19H,7-8,11H2,1-6H3. The van der Waals surface area contributed by atoms with Crippen molar-refractivity contribution in [3.8, 4) is 0 Å². The first kappa shape index (κ1) is 15.1. The van der Waals surface area contributed by atoms with Crippen molar-refractivity contribution in [2.75, 3.05) is 6.54 Å². The van der Waals surface area contributed by atoms with Crippen LogP contribution in [0, 0.1) is 6.92 Å². The Morgan fingerprint density at radius 1 is 1.15 bits per heavy atom. The minimum atomic E-state index is 0.101. The molecule has 1 N–H and O–H groups in total. The van der Waals surface area contributed by atoms with Crippen molar-refractivity contribution in [3.05, 3.63) is 34.6 Å². The molecule has 1 aromatic heterocycles. The van der Waals surface area contributed by atoms with E-state index in [1.165, 1.54) is 22.1 Å². The molecule has 0 aliphatic rings. The van der Waals surface area contributed by atoms with Gasteiger partial charge in [0, 0.05) is 16.5 Å². The van der Waals surface area contributed by atoms with E-state index in [0.717, 1.165) is 30.9 Å². The van der Waals surface area contributed by atoms with Crippen LogP contribution in [0.25, 0.3) is 11.0 Å². The zero-order valence-corrected chi connectivity index (χ0v) is 13.7. The fourth-order valence-electron chi connectivity index (χ4n) is 2.83. The van der Waals surface area contributed by atoms with E-state index < -0.39 is 0 Å². The lowest BCUT2D eigenvalue weighted by molar-refractivity contribution is 0.500. The quantitative estimate of drug-likeness (QED) is 0.872. The van der Waals surface area contributed by atoms with Gasteiger partial charge in [0.2, 0.25) is 0 Å². The molecule has 0 amide bonds. The average molecular weight is 273 g/mol. The van der Waals surface area contributed by atoms with E-state index in [4.69, 9.17) is 4.42 Å². The summed E-state index contributed by atoms with van der Waals surface area (Å²) in [5, 5.41) is 4.71. The molecule has 0 saturated heterocycles. The highest BCUT2D eigenvalue weighted by molar-refractivity contribution is 5.89. The second-order valence-electron chi connectivity index (χ2n) is 6.52. The molecular formula is C18H27NO. The Bertz CT molecular complexity index is 602. The molecule has 2 heteroatoms. The molecule has 0 saturated carbocycles. The number of benzene rings is 1. The summed E-state index contributed by atoms with van der Waals surface area (Å²) in [5.41, 5.74) is 5.17. The molecule has 0 fully saturated rings. The Morgan fingerprint density at radius 3 is 2.40 bits per heavy atom. The highest BCUT2D eigenvalue weighted by atomic mass is 16.3. The molecule has 0 spiro atoms. The van der Waals surface area contributed by atoms with Crippen molar-refractivity contribution in [3.63, 3.8) is 0 Å². The van der Waals surface area contributed by atoms with E-state index in [2.05, 4.69) is 59.0 Å². The molecule has 110 valence electrons. The van der Waals surface area contributed by atoms with Crippen molar-refractivity contribution >= 4 is 11.0 Å². The van der Waals surface area contributed by atoms with Gasteiger partial charge in [-0.1, -0.05) is 46.8 Å². The second kappa shape index (κ2) is 5.61. The minimum absolute atomic E-state index is 0.101. The Labute approximate surface area is 122 Å². The van der Waals surface area contributed by atoms with Gasteiger partial charge in [-0.05, 0) is 30.9 Å². The molecule has 20 heavy (non-hydrogen) atoms. The van der Waals surface area contributed by atoms with Crippen LogP contribution >= 0.6 is 0 Å². The first-order chi connectivity index (χ1) is 9.40. The topological polar surface area (TPSA) is 25.2 Å². The number of furan rings is 1. The van der Waals surface area contributed by atoms with Crippen LogP contribution < -0.4 is 5.32 Å². The van der Waals surface area contributed by atoms with Crippen LogP contribution in [-0.4, -0.2) is 6.54 Å². The van der Waals surface area contributed by atoms with Crippen LogP contribution in [0.2, 0.25) is 0 Å². The van der Waals surface area contributed by atoms with E-state index in [-0.39, 0.29) is 5.41 Å². The third kappa shape index (κ3) is 2.62. The van der Waals surface area contributed by atoms with Gasteiger partial charge < -0.3 is 9.73 Å². The van der Waals surface area contributed by atoms with Crippen LogP contribution in [0.5, 0.6) is 0 Å². The number of hydrogen-bond donors (Lipinski definition) is 1. The normalized spacial score (nSPS) is 12.3. The number of hydrogen-bond acceptors (Lipinski definition) is 2. The van der Waals surface area contributed by atoms with Crippen molar-refractivity contribution in [2.45, 2.75) is 59.9 Å². The fourth-order valence-corrected chi connectivity index (χ4v) is 2.83. The predicted molar refractivity (Wildman–Crippen MR) is 86.4 cm³/mol. The average Bonchev–Trinajstić information content (AvgIpc) is 2.74. The van der Waals surface area contributed by atoms with Gasteiger partial charge in [0.05, 0.1) is 6.54 Å². The van der Waals surface area contributed by atoms with Crippen molar-refractivity contribution in [1.82, 2.24) is 5.32 Å². The molecule has 0 unspecified atom stereocenters. The Balaban J connectivity index is 2.71. The lowest BCUT2D eigenvalue weighted by Crippen LogP contribution is -2.12. The van der Waals surface area contributed by atoms with Crippen LogP contribution in [0.3, 0.4) is 0 Å².